The van der Waals surface area contributed by atoms with Gasteiger partial charge < -0.3 is 4.74 Å². The van der Waals surface area contributed by atoms with Gasteiger partial charge in [-0.1, -0.05) is 107 Å². The van der Waals surface area contributed by atoms with Crippen molar-refractivity contribution in [3.63, 3.8) is 0 Å². The zero-order valence-corrected chi connectivity index (χ0v) is 15.6. The molecule has 0 radical (unpaired) electrons. The van der Waals surface area contributed by atoms with Gasteiger partial charge >= 0.3 is 0 Å². The maximum atomic E-state index is 5.83. The molecule has 1 atom stereocenters. The van der Waals surface area contributed by atoms with Crippen molar-refractivity contribution in [1.82, 2.24) is 0 Å². The summed E-state index contributed by atoms with van der Waals surface area (Å²) in [6.45, 7) is 2.89. The van der Waals surface area contributed by atoms with Gasteiger partial charge in [0.05, 0.1) is 6.61 Å². The maximum absolute atomic E-state index is 5.83. The van der Waals surface area contributed by atoms with E-state index >= 15 is 0 Å². The molecule has 1 heteroatoms. The van der Waals surface area contributed by atoms with Crippen LogP contribution in [-0.2, 0) is 11.3 Å². The summed E-state index contributed by atoms with van der Waals surface area (Å²) in [6.07, 6.45) is 21.5. The van der Waals surface area contributed by atoms with Crippen molar-refractivity contribution in [2.45, 2.75) is 96.7 Å². The van der Waals surface area contributed by atoms with Crippen molar-refractivity contribution in [3.8, 4) is 12.3 Å². The van der Waals surface area contributed by atoms with Crippen LogP contribution in [0.5, 0.6) is 0 Å². The van der Waals surface area contributed by atoms with E-state index in [1.165, 1.54) is 76.2 Å². The number of terminal acetylenes is 1. The van der Waals surface area contributed by atoms with Crippen LogP contribution in [-0.4, -0.2) is 6.10 Å². The normalized spacial score (nSPS) is 12.0. The summed E-state index contributed by atoms with van der Waals surface area (Å²) in [7, 11) is 0. The molecule has 0 heterocycles. The number of hydrogen-bond donors (Lipinski definition) is 0. The van der Waals surface area contributed by atoms with Gasteiger partial charge in [0.25, 0.3) is 0 Å². The summed E-state index contributed by atoms with van der Waals surface area (Å²) in [4.78, 5) is 0. The first kappa shape index (κ1) is 20.8. The van der Waals surface area contributed by atoms with E-state index < -0.39 is 0 Å². The highest BCUT2D eigenvalue weighted by Crippen LogP contribution is 2.14. The highest BCUT2D eigenvalue weighted by molar-refractivity contribution is 5.13. The topological polar surface area (TPSA) is 9.23 Å². The predicted molar refractivity (Wildman–Crippen MR) is 105 cm³/mol. The average molecular weight is 329 g/mol. The van der Waals surface area contributed by atoms with Gasteiger partial charge in [0, 0.05) is 0 Å². The fourth-order valence-electron chi connectivity index (χ4n) is 2.98. The number of ether oxygens (including phenoxy) is 1. The zero-order valence-electron chi connectivity index (χ0n) is 15.6. The van der Waals surface area contributed by atoms with Gasteiger partial charge in [-0.3, -0.25) is 0 Å². The largest absolute Gasteiger partial charge is 0.361 e. The number of benzene rings is 1. The summed E-state index contributed by atoms with van der Waals surface area (Å²) in [5.41, 5.74) is 1.19. The van der Waals surface area contributed by atoms with Gasteiger partial charge in [0.1, 0.15) is 6.10 Å². The third-order valence-electron chi connectivity index (χ3n) is 4.55. The molecule has 0 aliphatic rings. The zero-order chi connectivity index (χ0) is 17.3. The number of rotatable bonds is 15. The molecule has 0 fully saturated rings. The summed E-state index contributed by atoms with van der Waals surface area (Å²) in [5, 5.41) is 0. The van der Waals surface area contributed by atoms with Crippen molar-refractivity contribution in [3.05, 3.63) is 35.9 Å². The monoisotopic (exact) mass is 328 g/mol. The van der Waals surface area contributed by atoms with E-state index in [4.69, 9.17) is 11.2 Å². The van der Waals surface area contributed by atoms with E-state index in [0.29, 0.717) is 6.61 Å². The summed E-state index contributed by atoms with van der Waals surface area (Å²) in [5.74, 6) is 2.79. The van der Waals surface area contributed by atoms with Crippen LogP contribution in [0.2, 0.25) is 0 Å². The van der Waals surface area contributed by atoms with Crippen LogP contribution in [0.4, 0.5) is 0 Å². The second-order valence-corrected chi connectivity index (χ2v) is 6.78. The second-order valence-electron chi connectivity index (χ2n) is 6.78. The van der Waals surface area contributed by atoms with E-state index in [1.54, 1.807) is 0 Å². The van der Waals surface area contributed by atoms with Crippen molar-refractivity contribution < 1.29 is 4.74 Å². The molecule has 0 amide bonds. The molecule has 1 unspecified atom stereocenters. The molecule has 0 saturated heterocycles. The lowest BCUT2D eigenvalue weighted by Gasteiger charge is -2.12. The van der Waals surface area contributed by atoms with Gasteiger partial charge in [0.15, 0.2) is 0 Å². The van der Waals surface area contributed by atoms with E-state index in [1.807, 2.05) is 18.2 Å². The maximum Gasteiger partial charge on any atom is 0.118 e. The lowest BCUT2D eigenvalue weighted by molar-refractivity contribution is 0.0710. The van der Waals surface area contributed by atoms with Crippen LogP contribution in [0.25, 0.3) is 0 Å². The summed E-state index contributed by atoms with van der Waals surface area (Å²) in [6, 6.07) is 10.2. The van der Waals surface area contributed by atoms with Gasteiger partial charge in [-0.15, -0.1) is 6.42 Å². The molecule has 0 aromatic heterocycles. The molecule has 24 heavy (non-hydrogen) atoms. The van der Waals surface area contributed by atoms with Crippen molar-refractivity contribution in [2.75, 3.05) is 0 Å². The molecule has 0 aliphatic heterocycles. The minimum Gasteiger partial charge on any atom is -0.361 e. The van der Waals surface area contributed by atoms with Crippen LogP contribution in [0, 0.1) is 12.3 Å². The first-order valence-electron chi connectivity index (χ1n) is 9.98. The van der Waals surface area contributed by atoms with Crippen LogP contribution in [0.1, 0.15) is 89.5 Å². The van der Waals surface area contributed by atoms with Crippen LogP contribution in [0.3, 0.4) is 0 Å². The Hall–Kier alpha value is -1.26. The van der Waals surface area contributed by atoms with Gasteiger partial charge in [-0.05, 0) is 18.4 Å². The molecule has 0 spiro atoms. The molecular formula is C23H36O. The Kier molecular flexibility index (Phi) is 13.2. The van der Waals surface area contributed by atoms with Gasteiger partial charge in [0.2, 0.25) is 0 Å². The fourth-order valence-corrected chi connectivity index (χ4v) is 2.98. The molecule has 0 bridgehead atoms. The van der Waals surface area contributed by atoms with E-state index in [0.717, 1.165) is 6.42 Å². The van der Waals surface area contributed by atoms with Crippen LogP contribution in [0.15, 0.2) is 30.3 Å². The Morgan fingerprint density at radius 1 is 0.833 bits per heavy atom. The van der Waals surface area contributed by atoms with Gasteiger partial charge in [-0.25, -0.2) is 0 Å². The number of hydrogen-bond acceptors (Lipinski definition) is 1. The molecule has 1 aromatic carbocycles. The Morgan fingerprint density at radius 2 is 1.38 bits per heavy atom. The minimum absolute atomic E-state index is 0.0382. The summed E-state index contributed by atoms with van der Waals surface area (Å²) < 4.78 is 5.83. The number of unbranched alkanes of at least 4 members (excludes halogenated alkanes) is 10. The second kappa shape index (κ2) is 15.3. The highest BCUT2D eigenvalue weighted by atomic mass is 16.5. The standard InChI is InChI=1S/C23H36O/c1-3-5-6-7-8-9-10-11-12-13-17-20-23(4-2)24-21-22-18-15-14-16-19-22/h2,14-16,18-19,23H,3,5-13,17,20-21H2,1H3. The Bertz CT molecular complexity index is 417. The van der Waals surface area contributed by atoms with Crippen molar-refractivity contribution in [1.29, 1.82) is 0 Å². The van der Waals surface area contributed by atoms with E-state index in [-0.39, 0.29) is 6.10 Å². The predicted octanol–water partition coefficient (Wildman–Crippen LogP) is 6.91. The molecule has 1 nitrogen and oxygen atoms in total. The first-order chi connectivity index (χ1) is 11.9. The summed E-state index contributed by atoms with van der Waals surface area (Å²) >= 11 is 0. The third kappa shape index (κ3) is 11.3. The molecule has 0 aliphatic carbocycles. The quantitative estimate of drug-likeness (QED) is 0.251. The average Bonchev–Trinajstić information content (AvgIpc) is 2.63. The Labute approximate surface area is 150 Å². The van der Waals surface area contributed by atoms with Crippen LogP contribution >= 0.6 is 0 Å². The lowest BCUT2D eigenvalue weighted by atomic mass is 10.0. The highest BCUT2D eigenvalue weighted by Gasteiger charge is 2.05. The minimum atomic E-state index is -0.0382. The Morgan fingerprint density at radius 3 is 1.92 bits per heavy atom. The smallest absolute Gasteiger partial charge is 0.118 e. The fraction of sp³-hybridized carbons (Fsp3) is 0.652. The van der Waals surface area contributed by atoms with Crippen molar-refractivity contribution in [2.24, 2.45) is 0 Å². The molecule has 134 valence electrons. The molecular weight excluding hydrogens is 292 g/mol. The first-order valence-corrected chi connectivity index (χ1v) is 9.98. The Balaban J connectivity index is 1.92. The third-order valence-corrected chi connectivity index (χ3v) is 4.55. The lowest BCUT2D eigenvalue weighted by Crippen LogP contribution is -2.10. The molecule has 0 N–H and O–H groups in total. The molecule has 1 rings (SSSR count). The molecule has 1 aromatic rings. The van der Waals surface area contributed by atoms with Gasteiger partial charge in [-0.2, -0.15) is 0 Å². The van der Waals surface area contributed by atoms with E-state index in [2.05, 4.69) is 25.0 Å². The SMILES string of the molecule is C#CC(CCCCCCCCCCCCC)OCc1ccccc1. The molecule has 0 saturated carbocycles. The van der Waals surface area contributed by atoms with Crippen molar-refractivity contribution >= 4 is 0 Å². The van der Waals surface area contributed by atoms with E-state index in [9.17, 15) is 0 Å². The van der Waals surface area contributed by atoms with Crippen LogP contribution < -0.4 is 0 Å².